The van der Waals surface area contributed by atoms with E-state index in [9.17, 15) is 4.79 Å². The first kappa shape index (κ1) is 17.6. The second-order valence-electron chi connectivity index (χ2n) is 6.68. The van der Waals surface area contributed by atoms with Crippen molar-refractivity contribution < 1.29 is 9.53 Å². The van der Waals surface area contributed by atoms with Crippen LogP contribution in [0.25, 0.3) is 0 Å². The monoisotopic (exact) mass is 342 g/mol. The molecule has 0 unspecified atom stereocenters. The van der Waals surface area contributed by atoms with E-state index in [-0.39, 0.29) is 5.91 Å². The average molecular weight is 342 g/mol. The molecule has 1 aromatic heterocycles. The van der Waals surface area contributed by atoms with Crippen molar-refractivity contribution in [3.63, 3.8) is 0 Å². The normalized spacial score (nSPS) is 17.8. The van der Waals surface area contributed by atoms with Crippen molar-refractivity contribution >= 4 is 11.7 Å². The molecule has 6 heteroatoms. The molecule has 0 bridgehead atoms. The SMILES string of the molecule is COC[C@@H]1CCCN1Cc1cccc(C(=O)Nc2c(C)cnn2C)c1. The number of carbonyl (C=O) groups is 1. The van der Waals surface area contributed by atoms with Crippen LogP contribution in [-0.2, 0) is 18.3 Å². The number of methoxy groups -OCH3 is 1. The van der Waals surface area contributed by atoms with E-state index in [0.29, 0.717) is 11.6 Å². The predicted octanol–water partition coefficient (Wildman–Crippen LogP) is 2.59. The maximum absolute atomic E-state index is 12.6. The summed E-state index contributed by atoms with van der Waals surface area (Å²) in [4.78, 5) is 15.0. The summed E-state index contributed by atoms with van der Waals surface area (Å²) < 4.78 is 7.00. The zero-order chi connectivity index (χ0) is 17.8. The highest BCUT2D eigenvalue weighted by atomic mass is 16.5. The van der Waals surface area contributed by atoms with Crippen molar-refractivity contribution in [2.45, 2.75) is 32.4 Å². The molecule has 1 amide bonds. The molecule has 0 aliphatic carbocycles. The first-order chi connectivity index (χ1) is 12.1. The lowest BCUT2D eigenvalue weighted by atomic mass is 10.1. The highest BCUT2D eigenvalue weighted by molar-refractivity contribution is 6.04. The lowest BCUT2D eigenvalue weighted by Gasteiger charge is -2.24. The van der Waals surface area contributed by atoms with Crippen molar-refractivity contribution in [3.8, 4) is 0 Å². The van der Waals surface area contributed by atoms with Gasteiger partial charge in [0, 0.05) is 37.9 Å². The van der Waals surface area contributed by atoms with Gasteiger partial charge in [0.05, 0.1) is 12.8 Å². The fraction of sp³-hybridized carbons (Fsp3) is 0.474. The van der Waals surface area contributed by atoms with E-state index in [2.05, 4.69) is 21.4 Å². The van der Waals surface area contributed by atoms with Gasteiger partial charge in [-0.1, -0.05) is 12.1 Å². The second kappa shape index (κ2) is 7.80. The first-order valence-electron chi connectivity index (χ1n) is 8.70. The lowest BCUT2D eigenvalue weighted by molar-refractivity contribution is 0.102. The van der Waals surface area contributed by atoms with E-state index in [1.807, 2.05) is 32.2 Å². The number of likely N-dealkylation sites (tertiary alicyclic amines) is 1. The molecule has 0 saturated carbocycles. The van der Waals surface area contributed by atoms with Gasteiger partial charge in [-0.2, -0.15) is 5.10 Å². The fourth-order valence-corrected chi connectivity index (χ4v) is 3.44. The third-order valence-electron chi connectivity index (χ3n) is 4.79. The summed E-state index contributed by atoms with van der Waals surface area (Å²) in [7, 11) is 3.57. The highest BCUT2D eigenvalue weighted by Gasteiger charge is 2.24. The number of nitrogens with zero attached hydrogens (tertiary/aromatic N) is 3. The molecular weight excluding hydrogens is 316 g/mol. The molecule has 1 N–H and O–H groups in total. The number of nitrogens with one attached hydrogen (secondary N) is 1. The Balaban J connectivity index is 1.70. The Bertz CT molecular complexity index is 721. The minimum absolute atomic E-state index is 0.108. The molecule has 1 aliphatic rings. The van der Waals surface area contributed by atoms with E-state index >= 15 is 0 Å². The molecule has 2 heterocycles. The number of anilines is 1. The van der Waals surface area contributed by atoms with Crippen molar-refractivity contribution in [2.24, 2.45) is 7.05 Å². The molecule has 134 valence electrons. The van der Waals surface area contributed by atoms with E-state index < -0.39 is 0 Å². The minimum Gasteiger partial charge on any atom is -0.383 e. The van der Waals surface area contributed by atoms with Gasteiger partial charge in [0.15, 0.2) is 0 Å². The molecule has 1 fully saturated rings. The van der Waals surface area contributed by atoms with Gasteiger partial charge in [-0.05, 0) is 44.0 Å². The summed E-state index contributed by atoms with van der Waals surface area (Å²) in [6.45, 7) is 4.63. The average Bonchev–Trinajstić information content (AvgIpc) is 3.17. The predicted molar refractivity (Wildman–Crippen MR) is 97.6 cm³/mol. The maximum atomic E-state index is 12.6. The molecule has 1 aromatic carbocycles. The summed E-state index contributed by atoms with van der Waals surface area (Å²) in [5, 5.41) is 7.11. The Morgan fingerprint density at radius 1 is 1.44 bits per heavy atom. The van der Waals surface area contributed by atoms with E-state index in [4.69, 9.17) is 4.74 Å². The van der Waals surface area contributed by atoms with Gasteiger partial charge >= 0.3 is 0 Å². The van der Waals surface area contributed by atoms with Gasteiger partial charge in [-0.25, -0.2) is 0 Å². The molecule has 0 spiro atoms. The van der Waals surface area contributed by atoms with Gasteiger partial charge < -0.3 is 10.1 Å². The van der Waals surface area contributed by atoms with E-state index in [1.165, 1.54) is 12.8 Å². The van der Waals surface area contributed by atoms with Crippen LogP contribution in [0, 0.1) is 6.92 Å². The van der Waals surface area contributed by atoms with Crippen LogP contribution in [0.5, 0.6) is 0 Å². The van der Waals surface area contributed by atoms with Crippen LogP contribution < -0.4 is 5.32 Å². The summed E-state index contributed by atoms with van der Waals surface area (Å²) in [6, 6.07) is 8.32. The number of amides is 1. The Hall–Kier alpha value is -2.18. The van der Waals surface area contributed by atoms with Crippen LogP contribution in [0.4, 0.5) is 5.82 Å². The number of hydrogen-bond acceptors (Lipinski definition) is 4. The zero-order valence-corrected chi connectivity index (χ0v) is 15.2. The molecule has 1 aliphatic heterocycles. The third kappa shape index (κ3) is 4.08. The Kier molecular flexibility index (Phi) is 5.50. The van der Waals surface area contributed by atoms with Crippen LogP contribution in [0.3, 0.4) is 0 Å². The smallest absolute Gasteiger partial charge is 0.256 e. The Labute approximate surface area is 148 Å². The van der Waals surface area contributed by atoms with Gasteiger partial charge in [0.1, 0.15) is 5.82 Å². The van der Waals surface area contributed by atoms with Crippen LogP contribution in [0.1, 0.15) is 34.3 Å². The number of aromatic nitrogens is 2. The quantitative estimate of drug-likeness (QED) is 0.877. The number of benzene rings is 1. The molecule has 0 radical (unpaired) electrons. The highest BCUT2D eigenvalue weighted by Crippen LogP contribution is 2.21. The van der Waals surface area contributed by atoms with Crippen molar-refractivity contribution in [2.75, 3.05) is 25.6 Å². The summed E-state index contributed by atoms with van der Waals surface area (Å²) in [6.07, 6.45) is 4.12. The van der Waals surface area contributed by atoms with E-state index in [0.717, 1.165) is 36.6 Å². The van der Waals surface area contributed by atoms with E-state index in [1.54, 1.807) is 18.0 Å². The molecule has 2 aromatic rings. The number of hydrogen-bond donors (Lipinski definition) is 1. The number of rotatable bonds is 6. The van der Waals surface area contributed by atoms with Crippen molar-refractivity contribution in [1.82, 2.24) is 14.7 Å². The first-order valence-corrected chi connectivity index (χ1v) is 8.70. The van der Waals surface area contributed by atoms with Crippen molar-refractivity contribution in [3.05, 3.63) is 47.2 Å². The van der Waals surface area contributed by atoms with Crippen LogP contribution in [0.15, 0.2) is 30.5 Å². The van der Waals surface area contributed by atoms with Crippen molar-refractivity contribution in [1.29, 1.82) is 0 Å². The number of aryl methyl sites for hydroxylation is 2. The fourth-order valence-electron chi connectivity index (χ4n) is 3.44. The van der Waals surface area contributed by atoms with Gasteiger partial charge in [0.25, 0.3) is 5.91 Å². The number of ether oxygens (including phenoxy) is 1. The lowest BCUT2D eigenvalue weighted by Crippen LogP contribution is -2.32. The standard InChI is InChI=1S/C19H26N4O2/c1-14-11-20-22(2)18(14)21-19(24)16-7-4-6-15(10-16)12-23-9-5-8-17(23)13-25-3/h4,6-7,10-11,17H,5,8-9,12-13H2,1-3H3,(H,21,24)/t17-/m0/s1. The minimum atomic E-state index is -0.108. The zero-order valence-electron chi connectivity index (χ0n) is 15.2. The van der Waals surface area contributed by atoms with Gasteiger partial charge in [0.2, 0.25) is 0 Å². The van der Waals surface area contributed by atoms with Crippen LogP contribution in [-0.4, -0.2) is 46.9 Å². The third-order valence-corrected chi connectivity index (χ3v) is 4.79. The van der Waals surface area contributed by atoms with Gasteiger partial charge in [-0.15, -0.1) is 0 Å². The second-order valence-corrected chi connectivity index (χ2v) is 6.68. The van der Waals surface area contributed by atoms with Gasteiger partial charge in [-0.3, -0.25) is 14.4 Å². The molecule has 1 atom stereocenters. The Morgan fingerprint density at radius 3 is 3.00 bits per heavy atom. The topological polar surface area (TPSA) is 59.4 Å². The summed E-state index contributed by atoms with van der Waals surface area (Å²) in [5.41, 5.74) is 2.77. The Morgan fingerprint density at radius 2 is 2.28 bits per heavy atom. The molecule has 6 nitrogen and oxygen atoms in total. The maximum Gasteiger partial charge on any atom is 0.256 e. The molecule has 1 saturated heterocycles. The number of carbonyl (C=O) groups excluding carboxylic acids is 1. The summed E-state index contributed by atoms with van der Waals surface area (Å²) >= 11 is 0. The largest absolute Gasteiger partial charge is 0.383 e. The van der Waals surface area contributed by atoms with Crippen LogP contribution >= 0.6 is 0 Å². The molecular formula is C19H26N4O2. The summed E-state index contributed by atoms with van der Waals surface area (Å²) in [5.74, 6) is 0.624. The van der Waals surface area contributed by atoms with Crippen LogP contribution in [0.2, 0.25) is 0 Å². The molecule has 3 rings (SSSR count). The molecule has 25 heavy (non-hydrogen) atoms.